The molecule has 1 aliphatic heterocycles. The number of methoxy groups -OCH3 is 1. The van der Waals surface area contributed by atoms with Crippen LogP contribution in [0.15, 0.2) is 36.4 Å². The quantitative estimate of drug-likeness (QED) is 0.683. The van der Waals surface area contributed by atoms with Gasteiger partial charge in [0, 0.05) is 19.2 Å². The van der Waals surface area contributed by atoms with Gasteiger partial charge >= 0.3 is 5.97 Å². The van der Waals surface area contributed by atoms with Gasteiger partial charge in [0.1, 0.15) is 23.4 Å². The summed E-state index contributed by atoms with van der Waals surface area (Å²) in [7, 11) is 1.56. The molecule has 4 rings (SSSR count). The molecule has 1 aliphatic carbocycles. The topological polar surface area (TPSA) is 59.0 Å². The van der Waals surface area contributed by atoms with Crippen LogP contribution in [-0.2, 0) is 6.54 Å². The van der Waals surface area contributed by atoms with Crippen molar-refractivity contribution in [1.29, 1.82) is 0 Å². The van der Waals surface area contributed by atoms with Gasteiger partial charge in [-0.3, -0.25) is 4.90 Å². The normalized spacial score (nSPS) is 21.0. The van der Waals surface area contributed by atoms with E-state index in [0.717, 1.165) is 24.5 Å². The van der Waals surface area contributed by atoms with Crippen molar-refractivity contribution in [3.05, 3.63) is 58.9 Å². The summed E-state index contributed by atoms with van der Waals surface area (Å²) in [5.74, 6) is -4.31. The van der Waals surface area contributed by atoms with E-state index in [0.29, 0.717) is 17.9 Å². The molecule has 1 saturated heterocycles. The van der Waals surface area contributed by atoms with Crippen LogP contribution in [0.4, 0.5) is 13.2 Å². The molecule has 0 spiro atoms. The van der Waals surface area contributed by atoms with Gasteiger partial charge in [-0.15, -0.1) is 0 Å². The van der Waals surface area contributed by atoms with E-state index in [9.17, 15) is 23.1 Å². The summed E-state index contributed by atoms with van der Waals surface area (Å²) in [6.45, 7) is 0.190. The molecule has 1 N–H and O–H groups in total. The van der Waals surface area contributed by atoms with Crippen molar-refractivity contribution < 1.29 is 32.5 Å². The monoisotopic (exact) mass is 435 g/mol. The number of halogens is 3. The molecule has 0 unspecified atom stereocenters. The zero-order valence-electron chi connectivity index (χ0n) is 17.1. The number of piperidine rings is 1. The standard InChI is InChI=1S/C23H24F3NO4/c1-30-16-6-2-14(3-7-16)11-27-12-17(10-23(25,26)13-27)31-21-9-20(24)19(22(28)29)8-18(21)15-4-5-15/h2-3,6-9,15,17H,4-5,10-13H2,1H3,(H,28,29)/t17-/m1/s1. The van der Waals surface area contributed by atoms with Gasteiger partial charge in [-0.1, -0.05) is 12.1 Å². The summed E-state index contributed by atoms with van der Waals surface area (Å²) in [6.07, 6.45) is 0.365. The second-order valence-electron chi connectivity index (χ2n) is 8.27. The van der Waals surface area contributed by atoms with Crippen LogP contribution >= 0.6 is 0 Å². The fourth-order valence-corrected chi connectivity index (χ4v) is 4.06. The molecule has 2 fully saturated rings. The van der Waals surface area contributed by atoms with Crippen LogP contribution in [0.25, 0.3) is 0 Å². The third-order valence-electron chi connectivity index (χ3n) is 5.65. The maximum Gasteiger partial charge on any atom is 0.338 e. The molecule has 2 aromatic carbocycles. The Labute approximate surface area is 178 Å². The van der Waals surface area contributed by atoms with E-state index in [-0.39, 0.29) is 24.8 Å². The first-order chi connectivity index (χ1) is 14.7. The molecule has 1 atom stereocenters. The van der Waals surface area contributed by atoms with Crippen LogP contribution in [0, 0.1) is 5.82 Å². The molecule has 31 heavy (non-hydrogen) atoms. The lowest BCUT2D eigenvalue weighted by molar-refractivity contribution is -0.103. The molecule has 1 saturated carbocycles. The Balaban J connectivity index is 1.52. The fraction of sp³-hybridized carbons (Fsp3) is 0.435. The predicted molar refractivity (Wildman–Crippen MR) is 108 cm³/mol. The number of rotatable bonds is 7. The van der Waals surface area contributed by atoms with Gasteiger partial charge in [0.15, 0.2) is 0 Å². The van der Waals surface area contributed by atoms with Crippen LogP contribution in [0.2, 0.25) is 0 Å². The van der Waals surface area contributed by atoms with Crippen molar-refractivity contribution in [2.45, 2.75) is 43.8 Å². The van der Waals surface area contributed by atoms with E-state index < -0.39 is 35.8 Å². The van der Waals surface area contributed by atoms with E-state index in [2.05, 4.69) is 0 Å². The van der Waals surface area contributed by atoms with Gasteiger partial charge in [-0.25, -0.2) is 18.0 Å². The first-order valence-electron chi connectivity index (χ1n) is 10.2. The highest BCUT2D eigenvalue weighted by Crippen LogP contribution is 2.46. The lowest BCUT2D eigenvalue weighted by Crippen LogP contribution is -2.50. The van der Waals surface area contributed by atoms with Crippen molar-refractivity contribution in [2.75, 3.05) is 20.2 Å². The maximum atomic E-state index is 14.5. The summed E-state index contributed by atoms with van der Waals surface area (Å²) in [6, 6.07) is 9.51. The number of hydrogen-bond acceptors (Lipinski definition) is 4. The fourth-order valence-electron chi connectivity index (χ4n) is 4.06. The molecule has 2 aliphatic rings. The molecule has 2 aromatic rings. The highest BCUT2D eigenvalue weighted by atomic mass is 19.3. The number of carboxylic acid groups (broad SMARTS) is 1. The van der Waals surface area contributed by atoms with E-state index in [1.807, 2.05) is 12.1 Å². The Hall–Kier alpha value is -2.74. The van der Waals surface area contributed by atoms with E-state index in [1.54, 1.807) is 24.1 Å². The molecule has 1 heterocycles. The molecule has 0 aromatic heterocycles. The lowest BCUT2D eigenvalue weighted by Gasteiger charge is -2.37. The van der Waals surface area contributed by atoms with Crippen LogP contribution in [0.1, 0.15) is 46.7 Å². The van der Waals surface area contributed by atoms with Crippen LogP contribution in [0.5, 0.6) is 11.5 Å². The molecule has 0 radical (unpaired) electrons. The zero-order chi connectivity index (χ0) is 22.2. The number of likely N-dealkylation sites (tertiary alicyclic amines) is 1. The Kier molecular flexibility index (Phi) is 5.83. The van der Waals surface area contributed by atoms with Crippen LogP contribution < -0.4 is 9.47 Å². The van der Waals surface area contributed by atoms with Gasteiger partial charge < -0.3 is 14.6 Å². The number of carbonyl (C=O) groups is 1. The van der Waals surface area contributed by atoms with Gasteiger partial charge in [0.05, 0.1) is 25.6 Å². The number of aromatic carboxylic acids is 1. The molecule has 0 bridgehead atoms. The Morgan fingerprint density at radius 3 is 2.55 bits per heavy atom. The van der Waals surface area contributed by atoms with E-state index in [4.69, 9.17) is 9.47 Å². The minimum absolute atomic E-state index is 0.0770. The average molecular weight is 435 g/mol. The van der Waals surface area contributed by atoms with E-state index in [1.165, 1.54) is 6.07 Å². The highest BCUT2D eigenvalue weighted by molar-refractivity contribution is 5.88. The van der Waals surface area contributed by atoms with Crippen LogP contribution in [-0.4, -0.2) is 48.2 Å². The third kappa shape index (κ3) is 5.12. The second-order valence-corrected chi connectivity index (χ2v) is 8.27. The van der Waals surface area contributed by atoms with Crippen molar-refractivity contribution in [3.63, 3.8) is 0 Å². The summed E-state index contributed by atoms with van der Waals surface area (Å²) < 4.78 is 54.2. The smallest absolute Gasteiger partial charge is 0.338 e. The average Bonchev–Trinajstić information content (AvgIpc) is 3.52. The Morgan fingerprint density at radius 1 is 1.23 bits per heavy atom. The van der Waals surface area contributed by atoms with Crippen molar-refractivity contribution >= 4 is 5.97 Å². The minimum atomic E-state index is -2.95. The third-order valence-corrected chi connectivity index (χ3v) is 5.65. The predicted octanol–water partition coefficient (Wildman–Crippen LogP) is 4.70. The Morgan fingerprint density at radius 2 is 1.94 bits per heavy atom. The summed E-state index contributed by atoms with van der Waals surface area (Å²) >= 11 is 0. The molecule has 8 heteroatoms. The number of ether oxygens (including phenoxy) is 2. The first kappa shape index (κ1) is 21.5. The van der Waals surface area contributed by atoms with Crippen LogP contribution in [0.3, 0.4) is 0 Å². The molecule has 166 valence electrons. The number of hydrogen-bond donors (Lipinski definition) is 1. The SMILES string of the molecule is COc1ccc(CN2C[C@H](Oc3cc(F)c(C(=O)O)cc3C3CC3)CC(F)(F)C2)cc1. The highest BCUT2D eigenvalue weighted by Gasteiger charge is 2.42. The second kappa shape index (κ2) is 8.42. The molecule has 5 nitrogen and oxygen atoms in total. The number of nitrogens with zero attached hydrogens (tertiary/aromatic N) is 1. The molecular weight excluding hydrogens is 411 g/mol. The largest absolute Gasteiger partial charge is 0.497 e. The Bertz CT molecular complexity index is 960. The van der Waals surface area contributed by atoms with Gasteiger partial charge in [-0.2, -0.15) is 0 Å². The lowest BCUT2D eigenvalue weighted by atomic mass is 10.0. The van der Waals surface area contributed by atoms with Gasteiger partial charge in [0.25, 0.3) is 5.92 Å². The van der Waals surface area contributed by atoms with Crippen molar-refractivity contribution in [3.8, 4) is 11.5 Å². The summed E-state index contributed by atoms with van der Waals surface area (Å²) in [4.78, 5) is 12.9. The van der Waals surface area contributed by atoms with Gasteiger partial charge in [-0.05, 0) is 48.1 Å². The zero-order valence-corrected chi connectivity index (χ0v) is 17.1. The van der Waals surface area contributed by atoms with Crippen molar-refractivity contribution in [1.82, 2.24) is 4.90 Å². The van der Waals surface area contributed by atoms with Crippen molar-refractivity contribution in [2.24, 2.45) is 0 Å². The first-order valence-corrected chi connectivity index (χ1v) is 10.2. The number of benzene rings is 2. The molecule has 0 amide bonds. The summed E-state index contributed by atoms with van der Waals surface area (Å²) in [5.41, 5.74) is 1.02. The minimum Gasteiger partial charge on any atom is -0.497 e. The maximum absolute atomic E-state index is 14.5. The van der Waals surface area contributed by atoms with Gasteiger partial charge in [0.2, 0.25) is 0 Å². The van der Waals surface area contributed by atoms with E-state index >= 15 is 0 Å². The number of carboxylic acids is 1. The summed E-state index contributed by atoms with van der Waals surface area (Å²) in [5, 5.41) is 9.19. The number of alkyl halides is 2. The molecular formula is C23H24F3NO4.